The smallest absolute Gasteiger partial charge is 0.254 e. The highest BCUT2D eigenvalue weighted by atomic mass is 35.5. The molecule has 2 amide bonds. The summed E-state index contributed by atoms with van der Waals surface area (Å²) in [6.07, 6.45) is 3.33. The lowest BCUT2D eigenvalue weighted by Gasteiger charge is -2.23. The van der Waals surface area contributed by atoms with Gasteiger partial charge in [-0.05, 0) is 49.1 Å². The van der Waals surface area contributed by atoms with Gasteiger partial charge in [-0.2, -0.15) is 0 Å². The Morgan fingerprint density at radius 1 is 1.15 bits per heavy atom. The van der Waals surface area contributed by atoms with Crippen molar-refractivity contribution in [2.45, 2.75) is 38.4 Å². The molecule has 2 N–H and O–H groups in total. The number of ether oxygens (including phenoxy) is 3. The van der Waals surface area contributed by atoms with Gasteiger partial charge in [0.1, 0.15) is 6.54 Å². The van der Waals surface area contributed by atoms with Crippen molar-refractivity contribution < 1.29 is 23.8 Å². The fourth-order valence-electron chi connectivity index (χ4n) is 5.03. The SMILES string of the molecule is C[C@@H](NC(=O)CN1Cc2ccc(-c3nc(NC4CCOCC4)ncc3Cl)cc2C1=O)c1ccc2c(c1)OCO2. The van der Waals surface area contributed by atoms with E-state index in [1.54, 1.807) is 12.3 Å². The van der Waals surface area contributed by atoms with Gasteiger partial charge in [0, 0.05) is 36.9 Å². The van der Waals surface area contributed by atoms with E-state index in [-0.39, 0.29) is 37.2 Å². The maximum absolute atomic E-state index is 13.2. The van der Waals surface area contributed by atoms with Gasteiger partial charge in [0.15, 0.2) is 11.5 Å². The number of fused-ring (bicyclic) bond motifs is 2. The van der Waals surface area contributed by atoms with Crippen LogP contribution >= 0.6 is 11.6 Å². The summed E-state index contributed by atoms with van der Waals surface area (Å²) < 4.78 is 16.2. The first-order valence-electron chi connectivity index (χ1n) is 12.9. The molecule has 1 aromatic heterocycles. The van der Waals surface area contributed by atoms with Crippen molar-refractivity contribution in [1.29, 1.82) is 0 Å². The van der Waals surface area contributed by atoms with Crippen molar-refractivity contribution in [3.63, 3.8) is 0 Å². The van der Waals surface area contributed by atoms with E-state index < -0.39 is 0 Å². The number of nitrogens with one attached hydrogen (secondary N) is 2. The molecular formula is C28H28ClN5O5. The Morgan fingerprint density at radius 2 is 1.97 bits per heavy atom. The van der Waals surface area contributed by atoms with Crippen LogP contribution in [0, 0.1) is 0 Å². The molecule has 10 nitrogen and oxygen atoms in total. The molecule has 39 heavy (non-hydrogen) atoms. The minimum absolute atomic E-state index is 0.0504. The van der Waals surface area contributed by atoms with Crippen LogP contribution < -0.4 is 20.1 Å². The van der Waals surface area contributed by atoms with Crippen LogP contribution in [-0.4, -0.2) is 59.3 Å². The van der Waals surface area contributed by atoms with E-state index in [1.807, 2.05) is 37.3 Å². The molecule has 4 heterocycles. The first-order chi connectivity index (χ1) is 18.9. The lowest BCUT2D eigenvalue weighted by atomic mass is 10.0. The zero-order valence-corrected chi connectivity index (χ0v) is 22.2. The standard InChI is InChI=1S/C28H28ClN5O5/c1-16(17-4-5-23-24(11-17)39-15-38-23)31-25(35)14-34-13-19-3-2-18(10-21(19)27(34)36)26-22(29)12-30-28(33-26)32-20-6-8-37-9-7-20/h2-5,10-12,16,20H,6-9,13-15H2,1H3,(H,31,35)(H,30,32,33)/t16-/m1/s1. The van der Waals surface area contributed by atoms with Gasteiger partial charge in [-0.3, -0.25) is 9.59 Å². The highest BCUT2D eigenvalue weighted by molar-refractivity contribution is 6.33. The minimum atomic E-state index is -0.262. The summed E-state index contributed by atoms with van der Waals surface area (Å²) in [6, 6.07) is 11.1. The summed E-state index contributed by atoms with van der Waals surface area (Å²) >= 11 is 6.45. The fraction of sp³-hybridized carbons (Fsp3) is 0.357. The van der Waals surface area contributed by atoms with Crippen molar-refractivity contribution in [2.75, 3.05) is 31.9 Å². The van der Waals surface area contributed by atoms with Crippen molar-refractivity contribution in [3.8, 4) is 22.8 Å². The van der Waals surface area contributed by atoms with Gasteiger partial charge in [-0.15, -0.1) is 0 Å². The third-order valence-corrected chi connectivity index (χ3v) is 7.45. The first-order valence-corrected chi connectivity index (χ1v) is 13.3. The zero-order chi connectivity index (χ0) is 26.9. The van der Waals surface area contributed by atoms with Crippen molar-refractivity contribution in [3.05, 3.63) is 64.3 Å². The van der Waals surface area contributed by atoms with Crippen LogP contribution in [0.2, 0.25) is 5.02 Å². The van der Waals surface area contributed by atoms with Crippen LogP contribution in [0.15, 0.2) is 42.6 Å². The summed E-state index contributed by atoms with van der Waals surface area (Å²) in [7, 11) is 0. The topological polar surface area (TPSA) is 115 Å². The molecule has 6 rings (SSSR count). The van der Waals surface area contributed by atoms with Gasteiger partial charge in [-0.25, -0.2) is 9.97 Å². The number of carbonyl (C=O) groups excluding carboxylic acids is 2. The monoisotopic (exact) mass is 549 g/mol. The molecule has 0 radical (unpaired) electrons. The third kappa shape index (κ3) is 5.35. The number of halogens is 1. The first kappa shape index (κ1) is 25.4. The predicted octanol–water partition coefficient (Wildman–Crippen LogP) is 3.95. The normalized spacial score (nSPS) is 17.2. The Morgan fingerprint density at radius 3 is 2.82 bits per heavy atom. The van der Waals surface area contributed by atoms with Crippen molar-refractivity contribution in [1.82, 2.24) is 20.2 Å². The Labute approximate surface area is 230 Å². The molecule has 11 heteroatoms. The van der Waals surface area contributed by atoms with Gasteiger partial charge in [-0.1, -0.05) is 29.8 Å². The summed E-state index contributed by atoms with van der Waals surface area (Å²) in [4.78, 5) is 36.6. The molecule has 0 aliphatic carbocycles. The summed E-state index contributed by atoms with van der Waals surface area (Å²) in [5.74, 6) is 1.38. The maximum atomic E-state index is 13.2. The maximum Gasteiger partial charge on any atom is 0.254 e. The second-order valence-corrected chi connectivity index (χ2v) is 10.3. The van der Waals surface area contributed by atoms with Crippen molar-refractivity contribution in [2.24, 2.45) is 0 Å². The predicted molar refractivity (Wildman–Crippen MR) is 144 cm³/mol. The molecular weight excluding hydrogens is 522 g/mol. The quantitative estimate of drug-likeness (QED) is 0.455. The second-order valence-electron chi connectivity index (χ2n) is 9.86. The van der Waals surface area contributed by atoms with Gasteiger partial charge in [0.25, 0.3) is 5.91 Å². The van der Waals surface area contributed by atoms with E-state index in [4.69, 9.17) is 25.8 Å². The zero-order valence-electron chi connectivity index (χ0n) is 21.4. The van der Waals surface area contributed by atoms with E-state index in [2.05, 4.69) is 20.6 Å². The highest BCUT2D eigenvalue weighted by Crippen LogP contribution is 2.34. The van der Waals surface area contributed by atoms with Gasteiger partial charge in [0.2, 0.25) is 18.6 Å². The number of anilines is 1. The highest BCUT2D eigenvalue weighted by Gasteiger charge is 2.30. The summed E-state index contributed by atoms with van der Waals surface area (Å²) in [5, 5.41) is 6.72. The minimum Gasteiger partial charge on any atom is -0.454 e. The van der Waals surface area contributed by atoms with E-state index >= 15 is 0 Å². The molecule has 1 atom stereocenters. The van der Waals surface area contributed by atoms with Gasteiger partial charge >= 0.3 is 0 Å². The van der Waals surface area contributed by atoms with Crippen LogP contribution in [0.4, 0.5) is 5.95 Å². The van der Waals surface area contributed by atoms with Crippen LogP contribution in [0.5, 0.6) is 11.5 Å². The Hall–Kier alpha value is -3.89. The molecule has 3 aliphatic rings. The van der Waals surface area contributed by atoms with Crippen LogP contribution in [-0.2, 0) is 16.1 Å². The number of hydrogen-bond donors (Lipinski definition) is 2. The Bertz CT molecular complexity index is 1430. The number of hydrogen-bond acceptors (Lipinski definition) is 8. The van der Waals surface area contributed by atoms with E-state index in [0.29, 0.717) is 59.0 Å². The second kappa shape index (κ2) is 10.7. The molecule has 1 saturated heterocycles. The molecule has 3 aliphatic heterocycles. The van der Waals surface area contributed by atoms with E-state index in [1.165, 1.54) is 4.90 Å². The van der Waals surface area contributed by atoms with Gasteiger partial charge in [0.05, 0.1) is 23.0 Å². The lowest BCUT2D eigenvalue weighted by molar-refractivity contribution is -0.122. The average Bonchev–Trinajstić information content (AvgIpc) is 3.54. The Balaban J connectivity index is 1.12. The molecule has 0 bridgehead atoms. The molecule has 202 valence electrons. The third-order valence-electron chi connectivity index (χ3n) is 7.17. The molecule has 0 unspecified atom stereocenters. The van der Waals surface area contributed by atoms with Crippen LogP contribution in [0.3, 0.4) is 0 Å². The number of aromatic nitrogens is 2. The molecule has 2 aromatic carbocycles. The van der Waals surface area contributed by atoms with Crippen LogP contribution in [0.1, 0.15) is 47.3 Å². The fourth-order valence-corrected chi connectivity index (χ4v) is 5.23. The lowest BCUT2D eigenvalue weighted by Crippen LogP contribution is -2.38. The molecule has 1 fully saturated rings. The van der Waals surface area contributed by atoms with E-state index in [0.717, 1.165) is 24.0 Å². The largest absolute Gasteiger partial charge is 0.454 e. The number of benzene rings is 2. The number of carbonyl (C=O) groups is 2. The van der Waals surface area contributed by atoms with Crippen molar-refractivity contribution >= 4 is 29.4 Å². The number of nitrogens with zero attached hydrogens (tertiary/aromatic N) is 3. The Kier molecular flexibility index (Phi) is 6.97. The summed E-state index contributed by atoms with van der Waals surface area (Å²) in [5.41, 5.74) is 3.54. The molecule has 3 aromatic rings. The molecule has 0 saturated carbocycles. The van der Waals surface area contributed by atoms with Gasteiger partial charge < -0.3 is 29.7 Å². The molecule has 0 spiro atoms. The number of rotatable bonds is 7. The summed E-state index contributed by atoms with van der Waals surface area (Å²) in [6.45, 7) is 3.79. The van der Waals surface area contributed by atoms with Crippen LogP contribution in [0.25, 0.3) is 11.3 Å². The number of amides is 2. The average molecular weight is 550 g/mol. The van der Waals surface area contributed by atoms with E-state index in [9.17, 15) is 9.59 Å².